The van der Waals surface area contributed by atoms with Gasteiger partial charge in [-0.2, -0.15) is 8.42 Å². The highest BCUT2D eigenvalue weighted by molar-refractivity contribution is 7.82. The third kappa shape index (κ3) is 4.61. The van der Waals surface area contributed by atoms with Crippen molar-refractivity contribution in [1.29, 1.82) is 0 Å². The third-order valence-electron chi connectivity index (χ3n) is 4.30. The van der Waals surface area contributed by atoms with Crippen LogP contribution in [-0.2, 0) is 25.0 Å². The molecule has 0 aromatic heterocycles. The van der Waals surface area contributed by atoms with Crippen LogP contribution in [0, 0.1) is 6.92 Å². The maximum atomic E-state index is 12.7. The van der Waals surface area contributed by atoms with Crippen LogP contribution in [0.3, 0.4) is 0 Å². The lowest BCUT2D eigenvalue weighted by Crippen LogP contribution is -2.39. The Morgan fingerprint density at radius 1 is 1.14 bits per heavy atom. The normalized spacial score (nSPS) is 16.4. The Morgan fingerprint density at radius 3 is 2.48 bits per heavy atom. The Bertz CT molecular complexity index is 1010. The molecule has 1 aliphatic rings. The summed E-state index contributed by atoms with van der Waals surface area (Å²) in [6, 6.07) is 14.0. The third-order valence-corrected chi connectivity index (χ3v) is 5.23. The summed E-state index contributed by atoms with van der Waals surface area (Å²) < 4.78 is 41.1. The highest BCUT2D eigenvalue weighted by Crippen LogP contribution is 2.35. The summed E-state index contributed by atoms with van der Waals surface area (Å²) in [5, 5.41) is 5.90. The number of hydrazone groups is 1. The Morgan fingerprint density at radius 2 is 1.83 bits per heavy atom. The Hall–Kier alpha value is -2.82. The minimum absolute atomic E-state index is 0.0777. The molecule has 156 valence electrons. The molecule has 1 heterocycles. The molecule has 1 atom stereocenters. The van der Waals surface area contributed by atoms with Crippen LogP contribution in [0.5, 0.6) is 5.75 Å². The zero-order chi connectivity index (χ0) is 21.2. The molecule has 10 heteroatoms. The molecule has 9 nitrogen and oxygen atoms in total. The van der Waals surface area contributed by atoms with E-state index < -0.39 is 16.1 Å². The maximum absolute atomic E-state index is 12.7. The molecule has 0 bridgehead atoms. The van der Waals surface area contributed by atoms with Gasteiger partial charge in [0.2, 0.25) is 0 Å². The van der Waals surface area contributed by atoms with Gasteiger partial charge in [0.05, 0.1) is 12.8 Å². The lowest BCUT2D eigenvalue weighted by molar-refractivity contribution is 0.0879. The fourth-order valence-corrected chi connectivity index (χ4v) is 3.92. The molecule has 0 radical (unpaired) electrons. The van der Waals surface area contributed by atoms with E-state index in [9.17, 15) is 8.42 Å². The first-order valence-corrected chi connectivity index (χ1v) is 10.2. The van der Waals surface area contributed by atoms with E-state index in [-0.39, 0.29) is 5.75 Å². The minimum Gasteiger partial charge on any atom is -0.467 e. The standard InChI is InChI=1S/C19H24N4O5S/c1-14-9-8-12-16(17(14)23-13-22(3)21-18(23)26-4)27-29(24,25)28-19(2,20)15-10-6-5-7-11-15/h5-12H,13,20H2,1-4H3. The van der Waals surface area contributed by atoms with Crippen LogP contribution in [0.15, 0.2) is 53.6 Å². The van der Waals surface area contributed by atoms with Crippen LogP contribution < -0.4 is 14.8 Å². The summed E-state index contributed by atoms with van der Waals surface area (Å²) in [6.45, 7) is 3.65. The number of nitrogens with two attached hydrogens (primary N) is 1. The van der Waals surface area contributed by atoms with Crippen LogP contribution in [0.4, 0.5) is 5.69 Å². The number of hydrogen-bond donors (Lipinski definition) is 1. The number of anilines is 1. The molecule has 1 unspecified atom stereocenters. The maximum Gasteiger partial charge on any atom is 0.451 e. The largest absolute Gasteiger partial charge is 0.467 e. The van der Waals surface area contributed by atoms with Gasteiger partial charge in [-0.25, -0.2) is 4.18 Å². The number of ether oxygens (including phenoxy) is 1. The van der Waals surface area contributed by atoms with Crippen LogP contribution >= 0.6 is 0 Å². The van der Waals surface area contributed by atoms with Gasteiger partial charge in [-0.05, 0) is 31.0 Å². The van der Waals surface area contributed by atoms with Crippen molar-refractivity contribution in [3.05, 3.63) is 59.7 Å². The van der Waals surface area contributed by atoms with Gasteiger partial charge in [-0.3, -0.25) is 15.6 Å². The molecule has 2 aromatic rings. The molecule has 0 saturated carbocycles. The van der Waals surface area contributed by atoms with Gasteiger partial charge >= 0.3 is 16.4 Å². The predicted molar refractivity (Wildman–Crippen MR) is 109 cm³/mol. The first-order chi connectivity index (χ1) is 13.6. The quantitative estimate of drug-likeness (QED) is 0.708. The van der Waals surface area contributed by atoms with Crippen molar-refractivity contribution in [3.63, 3.8) is 0 Å². The van der Waals surface area contributed by atoms with Crippen molar-refractivity contribution in [2.45, 2.75) is 19.6 Å². The van der Waals surface area contributed by atoms with Crippen LogP contribution in [0.2, 0.25) is 0 Å². The average molecular weight is 420 g/mol. The SMILES string of the molecule is COC1=NN(C)CN1c1c(C)cccc1OS(=O)(=O)OC(C)(N)c1ccccc1. The highest BCUT2D eigenvalue weighted by Gasteiger charge is 2.33. The van der Waals surface area contributed by atoms with Gasteiger partial charge in [0.1, 0.15) is 6.67 Å². The molecule has 29 heavy (non-hydrogen) atoms. The molecular formula is C19H24N4O5S. The highest BCUT2D eigenvalue weighted by atomic mass is 32.3. The monoisotopic (exact) mass is 420 g/mol. The summed E-state index contributed by atoms with van der Waals surface area (Å²) in [6.07, 6.45) is 0. The summed E-state index contributed by atoms with van der Waals surface area (Å²) in [4.78, 5) is 1.71. The van der Waals surface area contributed by atoms with Crippen molar-refractivity contribution >= 4 is 22.1 Å². The van der Waals surface area contributed by atoms with E-state index in [1.807, 2.05) is 13.0 Å². The first-order valence-electron chi connectivity index (χ1n) is 8.83. The fraction of sp³-hybridized carbons (Fsp3) is 0.316. The average Bonchev–Trinajstić information content (AvgIpc) is 3.01. The Balaban J connectivity index is 1.90. The van der Waals surface area contributed by atoms with E-state index in [0.29, 0.717) is 23.9 Å². The van der Waals surface area contributed by atoms with Crippen molar-refractivity contribution in [3.8, 4) is 5.75 Å². The lowest BCUT2D eigenvalue weighted by atomic mass is 10.1. The lowest BCUT2D eigenvalue weighted by Gasteiger charge is -2.26. The van der Waals surface area contributed by atoms with Crippen molar-refractivity contribution in [1.82, 2.24) is 5.01 Å². The summed E-state index contributed by atoms with van der Waals surface area (Å²) in [5.74, 6) is 0.0777. The molecule has 0 fully saturated rings. The van der Waals surface area contributed by atoms with Crippen molar-refractivity contribution in [2.75, 3.05) is 25.7 Å². The molecule has 2 N–H and O–H groups in total. The van der Waals surface area contributed by atoms with Gasteiger partial charge in [0.15, 0.2) is 11.5 Å². The number of para-hydroxylation sites is 1. The van der Waals surface area contributed by atoms with E-state index in [1.54, 1.807) is 53.4 Å². The zero-order valence-electron chi connectivity index (χ0n) is 16.7. The van der Waals surface area contributed by atoms with Gasteiger partial charge in [0.25, 0.3) is 0 Å². The van der Waals surface area contributed by atoms with Crippen LogP contribution in [0.1, 0.15) is 18.1 Å². The molecule has 1 aliphatic heterocycles. The second-order valence-electron chi connectivity index (χ2n) is 6.78. The van der Waals surface area contributed by atoms with E-state index in [2.05, 4.69) is 5.10 Å². The second kappa shape index (κ2) is 7.90. The summed E-state index contributed by atoms with van der Waals surface area (Å²) in [7, 11) is -1.23. The molecule has 0 amide bonds. The van der Waals surface area contributed by atoms with E-state index in [4.69, 9.17) is 18.8 Å². The molecule has 0 saturated heterocycles. The van der Waals surface area contributed by atoms with Crippen LogP contribution in [0.25, 0.3) is 0 Å². The number of methoxy groups -OCH3 is 1. The second-order valence-corrected chi connectivity index (χ2v) is 7.93. The van der Waals surface area contributed by atoms with Crippen molar-refractivity contribution in [2.24, 2.45) is 10.8 Å². The molecule has 0 spiro atoms. The summed E-state index contributed by atoms with van der Waals surface area (Å²) >= 11 is 0. The number of hydrogen-bond acceptors (Lipinski definition) is 9. The number of aryl methyl sites for hydroxylation is 1. The topological polar surface area (TPSA) is 107 Å². The van der Waals surface area contributed by atoms with Gasteiger partial charge in [-0.15, -0.1) is 5.10 Å². The zero-order valence-corrected chi connectivity index (χ0v) is 17.5. The fourth-order valence-electron chi connectivity index (χ4n) is 3.02. The predicted octanol–water partition coefficient (Wildman–Crippen LogP) is 2.09. The van der Waals surface area contributed by atoms with Gasteiger partial charge in [-0.1, -0.05) is 42.5 Å². The number of rotatable bonds is 6. The summed E-state index contributed by atoms with van der Waals surface area (Å²) in [5.41, 5.74) is 6.26. The molecule has 3 rings (SSSR count). The number of amidine groups is 1. The Labute approximate surface area is 170 Å². The molecular weight excluding hydrogens is 396 g/mol. The minimum atomic E-state index is -4.49. The van der Waals surface area contributed by atoms with Gasteiger partial charge in [0, 0.05) is 7.05 Å². The van der Waals surface area contributed by atoms with Gasteiger partial charge < -0.3 is 8.92 Å². The Kier molecular flexibility index (Phi) is 5.69. The molecule has 2 aromatic carbocycles. The van der Waals surface area contributed by atoms with Crippen molar-refractivity contribution < 1.29 is 21.5 Å². The molecule has 0 aliphatic carbocycles. The number of benzene rings is 2. The smallest absolute Gasteiger partial charge is 0.451 e. The van der Waals surface area contributed by atoms with Crippen LogP contribution in [-0.4, -0.2) is 40.3 Å². The number of nitrogens with zero attached hydrogens (tertiary/aromatic N) is 3. The van der Waals surface area contributed by atoms with E-state index in [0.717, 1.165) is 5.56 Å². The van der Waals surface area contributed by atoms with E-state index in [1.165, 1.54) is 20.1 Å². The first kappa shape index (κ1) is 20.9. The van der Waals surface area contributed by atoms with E-state index >= 15 is 0 Å².